The van der Waals surface area contributed by atoms with Gasteiger partial charge < -0.3 is 0 Å². The third-order valence-electron chi connectivity index (χ3n) is 8.54. The summed E-state index contributed by atoms with van der Waals surface area (Å²) in [5.41, 5.74) is 11.4. The van der Waals surface area contributed by atoms with Crippen LogP contribution in [0, 0.1) is 0 Å². The normalized spacial score (nSPS) is 20.6. The van der Waals surface area contributed by atoms with Crippen LogP contribution in [0.25, 0.3) is 12.2 Å². The molecule has 0 amide bonds. The van der Waals surface area contributed by atoms with Crippen LogP contribution in [0.15, 0.2) is 47.5 Å². The summed E-state index contributed by atoms with van der Waals surface area (Å²) in [6, 6.07) is 13.8. The minimum atomic E-state index is -4.46. The Morgan fingerprint density at radius 1 is 0.735 bits per heavy atom. The molecule has 4 heteroatoms. The van der Waals surface area contributed by atoms with Gasteiger partial charge in [-0.1, -0.05) is 0 Å². The number of hydrogen-bond donors (Lipinski definition) is 0. The van der Waals surface area contributed by atoms with E-state index in [1.165, 1.54) is 70.2 Å². The Hall–Kier alpha value is -0.400. The van der Waals surface area contributed by atoms with Crippen molar-refractivity contribution in [2.45, 2.75) is 86.6 Å². The molecule has 0 heterocycles. The van der Waals surface area contributed by atoms with E-state index in [1.807, 2.05) is 0 Å². The molecule has 2 unspecified atom stereocenters. The summed E-state index contributed by atoms with van der Waals surface area (Å²) in [4.78, 5) is 0. The monoisotopic (exact) mass is 589 g/mol. The Bertz CT molecular complexity index is 1060. The fourth-order valence-electron chi connectivity index (χ4n) is 6.70. The zero-order chi connectivity index (χ0) is 24.7. The average Bonchev–Trinajstić information content (AvgIpc) is 3.33. The van der Waals surface area contributed by atoms with Crippen LogP contribution in [0.5, 0.6) is 0 Å². The number of benzene rings is 2. The molecular formula is C30H41Cl2SiZr. The molecule has 0 saturated heterocycles. The summed E-state index contributed by atoms with van der Waals surface area (Å²) < 4.78 is 0.429. The number of unbranched alkanes of at least 4 members (excludes halogenated alkanes) is 2. The SMILES string of the molecule is CCCCc1cccc2c1C=C(C)[CH]2[Zr]([Cl])([Cl])([CH]1C(C)=Cc2c(CCCC)cccc21)[SiH](C)C. The van der Waals surface area contributed by atoms with Gasteiger partial charge >= 0.3 is 218 Å². The molecule has 0 spiro atoms. The molecule has 2 aromatic carbocycles. The maximum atomic E-state index is 8.26. The van der Waals surface area contributed by atoms with E-state index in [9.17, 15) is 0 Å². The second-order valence-electron chi connectivity index (χ2n) is 11.1. The molecule has 0 aromatic heterocycles. The van der Waals surface area contributed by atoms with Gasteiger partial charge in [0.2, 0.25) is 0 Å². The van der Waals surface area contributed by atoms with Crippen LogP contribution < -0.4 is 0 Å². The second kappa shape index (κ2) is 10.2. The molecule has 4 rings (SSSR count). The first-order valence-electron chi connectivity index (χ1n) is 13.3. The van der Waals surface area contributed by atoms with Gasteiger partial charge in [-0.3, -0.25) is 0 Å². The summed E-state index contributed by atoms with van der Waals surface area (Å²) in [5.74, 6) is -1.43. The van der Waals surface area contributed by atoms with Gasteiger partial charge in [0, 0.05) is 0 Å². The van der Waals surface area contributed by atoms with E-state index in [1.54, 1.807) is 0 Å². The van der Waals surface area contributed by atoms with Gasteiger partial charge in [0.25, 0.3) is 0 Å². The molecule has 0 N–H and O–H groups in total. The summed E-state index contributed by atoms with van der Waals surface area (Å²) in [7, 11) is 16.5. The van der Waals surface area contributed by atoms with Crippen molar-refractivity contribution in [2.24, 2.45) is 0 Å². The molecule has 0 aliphatic heterocycles. The van der Waals surface area contributed by atoms with Crippen LogP contribution in [0.3, 0.4) is 0 Å². The van der Waals surface area contributed by atoms with Crippen molar-refractivity contribution in [1.29, 1.82) is 0 Å². The molecule has 0 bridgehead atoms. The number of aryl methyl sites for hydroxylation is 2. The molecule has 0 fully saturated rings. The predicted molar refractivity (Wildman–Crippen MR) is 153 cm³/mol. The van der Waals surface area contributed by atoms with E-state index >= 15 is 0 Å². The van der Waals surface area contributed by atoms with Crippen molar-refractivity contribution >= 4 is 35.1 Å². The number of halogens is 2. The molecule has 0 saturated carbocycles. The Balaban J connectivity index is 1.89. The van der Waals surface area contributed by atoms with Crippen molar-refractivity contribution in [1.82, 2.24) is 0 Å². The van der Waals surface area contributed by atoms with Crippen molar-refractivity contribution < 1.29 is 15.6 Å². The third kappa shape index (κ3) is 4.23. The molecule has 0 radical (unpaired) electrons. The van der Waals surface area contributed by atoms with Gasteiger partial charge in [-0.05, 0) is 0 Å². The number of hydrogen-bond acceptors (Lipinski definition) is 0. The van der Waals surface area contributed by atoms with Crippen LogP contribution in [0.2, 0.25) is 13.1 Å². The van der Waals surface area contributed by atoms with E-state index in [0.717, 1.165) is 12.8 Å². The third-order valence-corrected chi connectivity index (χ3v) is 60.8. The summed E-state index contributed by atoms with van der Waals surface area (Å²) >= 11 is -4.46. The molecule has 183 valence electrons. The van der Waals surface area contributed by atoms with Gasteiger partial charge in [-0.15, -0.1) is 0 Å². The van der Waals surface area contributed by atoms with Crippen LogP contribution in [-0.4, -0.2) is 5.92 Å². The number of fused-ring (bicyclic) bond motifs is 2. The first-order valence-corrected chi connectivity index (χ1v) is 29.6. The Labute approximate surface area is 216 Å². The van der Waals surface area contributed by atoms with Crippen molar-refractivity contribution in [3.63, 3.8) is 0 Å². The van der Waals surface area contributed by atoms with E-state index in [2.05, 4.69) is 89.3 Å². The Kier molecular flexibility index (Phi) is 7.97. The maximum absolute atomic E-state index is 8.26. The van der Waals surface area contributed by atoms with Crippen molar-refractivity contribution in [3.8, 4) is 0 Å². The van der Waals surface area contributed by atoms with E-state index in [-0.39, 0.29) is 7.25 Å². The van der Waals surface area contributed by atoms with E-state index < -0.39 is 21.5 Å². The van der Waals surface area contributed by atoms with E-state index in [4.69, 9.17) is 17.0 Å². The topological polar surface area (TPSA) is 0 Å². The molecular weight excluding hydrogens is 551 g/mol. The van der Waals surface area contributed by atoms with Gasteiger partial charge in [0.05, 0.1) is 0 Å². The molecule has 2 aliphatic rings. The van der Waals surface area contributed by atoms with Crippen LogP contribution in [0.1, 0.15) is 94.0 Å². The van der Waals surface area contributed by atoms with Gasteiger partial charge in [-0.2, -0.15) is 0 Å². The zero-order valence-corrected chi connectivity index (χ0v) is 27.0. The van der Waals surface area contributed by atoms with Crippen molar-refractivity contribution in [2.75, 3.05) is 0 Å². The van der Waals surface area contributed by atoms with Gasteiger partial charge in [0.1, 0.15) is 0 Å². The van der Waals surface area contributed by atoms with Crippen LogP contribution >= 0.6 is 17.0 Å². The zero-order valence-electron chi connectivity index (χ0n) is 21.8. The van der Waals surface area contributed by atoms with E-state index in [0.29, 0.717) is 0 Å². The fraction of sp³-hybridized carbons (Fsp3) is 0.467. The molecule has 34 heavy (non-hydrogen) atoms. The van der Waals surface area contributed by atoms with Gasteiger partial charge in [-0.25, -0.2) is 0 Å². The molecule has 2 atom stereocenters. The quantitative estimate of drug-likeness (QED) is 0.255. The average molecular weight is 592 g/mol. The second-order valence-corrected chi connectivity index (χ2v) is 53.6. The predicted octanol–water partition coefficient (Wildman–Crippen LogP) is 9.97. The number of rotatable bonds is 9. The first kappa shape index (κ1) is 26.7. The minimum absolute atomic E-state index is 0.214. The number of allylic oxidation sites excluding steroid dienone is 2. The Morgan fingerprint density at radius 3 is 1.50 bits per heavy atom. The Morgan fingerprint density at radius 2 is 1.15 bits per heavy atom. The molecule has 2 aromatic rings. The van der Waals surface area contributed by atoms with Gasteiger partial charge in [0.15, 0.2) is 0 Å². The standard InChI is InChI=1S/2C14H17.C2H7Si.2ClH.Zr/c2*1-3-4-6-12-7-5-8-13-9-11(2)10-14(12)13;1-3-2;;;/h2*5,7-10H,3-4,6H2,1-2H3;3H,1-2H3;2*1H;/q;;;;;+2/p-2. The summed E-state index contributed by atoms with van der Waals surface area (Å²) in [5, 5.41) is 0. The summed E-state index contributed by atoms with van der Waals surface area (Å²) in [6.07, 6.45) is 12.0. The van der Waals surface area contributed by atoms with Crippen LogP contribution in [-0.2, 0) is 28.4 Å². The molecule has 0 nitrogen and oxygen atoms in total. The summed E-state index contributed by atoms with van der Waals surface area (Å²) in [6.45, 7) is 14.0. The fourth-order valence-corrected chi connectivity index (χ4v) is 39.6. The molecule has 2 aliphatic carbocycles. The van der Waals surface area contributed by atoms with Crippen LogP contribution in [0.4, 0.5) is 0 Å². The van der Waals surface area contributed by atoms with Crippen molar-refractivity contribution in [3.05, 3.63) is 80.9 Å². The first-order chi connectivity index (χ1) is 16.1.